The number of amides is 1. The molecular weight excluding hydrogens is 492 g/mol. The van der Waals surface area contributed by atoms with Crippen LogP contribution in [0.15, 0.2) is 42.5 Å². The molecule has 4 N–H and O–H groups in total. The number of nitrogens with zero attached hydrogens (tertiary/aromatic N) is 1. The second-order valence-corrected chi connectivity index (χ2v) is 11.7. The molecule has 8 nitrogen and oxygen atoms in total. The van der Waals surface area contributed by atoms with E-state index in [9.17, 15) is 14.4 Å². The van der Waals surface area contributed by atoms with Crippen LogP contribution in [0.4, 0.5) is 5.69 Å². The Hall–Kier alpha value is -3.65. The van der Waals surface area contributed by atoms with E-state index in [2.05, 4.69) is 30.5 Å². The van der Waals surface area contributed by atoms with Crippen LogP contribution in [0.5, 0.6) is 0 Å². The molecule has 39 heavy (non-hydrogen) atoms. The van der Waals surface area contributed by atoms with E-state index in [1.807, 2.05) is 41.9 Å². The summed E-state index contributed by atoms with van der Waals surface area (Å²) in [6, 6.07) is 13.9. The topological polar surface area (TPSA) is 115 Å². The third kappa shape index (κ3) is 5.57. The number of ether oxygens (including phenoxy) is 1. The van der Waals surface area contributed by atoms with Crippen molar-refractivity contribution in [2.45, 2.75) is 70.9 Å². The standard InChI is InChI=1S/C31H38N4O4/c1-31(2)17-26-29(23-6-4-5-7-25(23)35(26)27(36)18-31)19-8-13-22(30(32)38)24(16-19)34-20-9-11-21(12-10-20)39-28(37)14-15-33-3/h4-8,13,16,20-21,33-34H,9-12,14-15,17-18H2,1-3H3,(H2,32,38)/t20-,21-. The molecule has 1 fully saturated rings. The van der Waals surface area contributed by atoms with Gasteiger partial charge in [0, 0.05) is 41.3 Å². The van der Waals surface area contributed by atoms with Crippen molar-refractivity contribution in [3.63, 3.8) is 0 Å². The Labute approximate surface area is 229 Å². The second-order valence-electron chi connectivity index (χ2n) is 11.7. The van der Waals surface area contributed by atoms with Crippen molar-refractivity contribution in [2.75, 3.05) is 18.9 Å². The summed E-state index contributed by atoms with van der Waals surface area (Å²) in [7, 11) is 1.81. The van der Waals surface area contributed by atoms with Gasteiger partial charge in [0.2, 0.25) is 5.91 Å². The number of hydrogen-bond acceptors (Lipinski definition) is 6. The number of para-hydroxylation sites is 1. The maximum absolute atomic E-state index is 13.2. The summed E-state index contributed by atoms with van der Waals surface area (Å²) in [6.07, 6.45) is 4.74. The van der Waals surface area contributed by atoms with Gasteiger partial charge in [0.25, 0.3) is 5.91 Å². The molecule has 1 aliphatic heterocycles. The lowest BCUT2D eigenvalue weighted by Gasteiger charge is -2.31. The van der Waals surface area contributed by atoms with E-state index in [-0.39, 0.29) is 29.4 Å². The zero-order valence-corrected chi connectivity index (χ0v) is 23.0. The van der Waals surface area contributed by atoms with Gasteiger partial charge in [0.15, 0.2) is 0 Å². The number of nitrogens with two attached hydrogens (primary N) is 1. The van der Waals surface area contributed by atoms with Gasteiger partial charge in [0.05, 0.1) is 17.5 Å². The summed E-state index contributed by atoms with van der Waals surface area (Å²) < 4.78 is 7.51. The molecule has 3 aromatic rings. The summed E-state index contributed by atoms with van der Waals surface area (Å²) in [5.74, 6) is -0.551. The van der Waals surface area contributed by atoms with Gasteiger partial charge in [-0.2, -0.15) is 0 Å². The third-order valence-electron chi connectivity index (χ3n) is 7.98. The normalized spacial score (nSPS) is 20.4. The van der Waals surface area contributed by atoms with E-state index < -0.39 is 5.91 Å². The summed E-state index contributed by atoms with van der Waals surface area (Å²) in [5, 5.41) is 7.56. The highest BCUT2D eigenvalue weighted by molar-refractivity contribution is 6.06. The SMILES string of the molecule is CNCCC(=O)O[C@H]1CC[C@H](Nc2cc(-c3c4n(c5ccccc35)C(=O)CC(C)(C)C4)ccc2C(N)=O)CC1. The smallest absolute Gasteiger partial charge is 0.307 e. The number of carbonyl (C=O) groups is 3. The van der Waals surface area contributed by atoms with Crippen molar-refractivity contribution in [1.29, 1.82) is 0 Å². The number of esters is 1. The number of anilines is 1. The van der Waals surface area contributed by atoms with Crippen LogP contribution in [0.2, 0.25) is 0 Å². The lowest BCUT2D eigenvalue weighted by Crippen LogP contribution is -2.32. The first-order valence-electron chi connectivity index (χ1n) is 13.9. The third-order valence-corrected chi connectivity index (χ3v) is 7.98. The summed E-state index contributed by atoms with van der Waals surface area (Å²) in [5.41, 5.74) is 10.7. The van der Waals surface area contributed by atoms with E-state index in [0.717, 1.165) is 59.8 Å². The predicted octanol–water partition coefficient (Wildman–Crippen LogP) is 4.90. The Balaban J connectivity index is 1.44. The minimum absolute atomic E-state index is 0.0746. The van der Waals surface area contributed by atoms with E-state index >= 15 is 0 Å². The highest BCUT2D eigenvalue weighted by Crippen LogP contribution is 2.43. The first-order valence-corrected chi connectivity index (χ1v) is 13.9. The van der Waals surface area contributed by atoms with Crippen molar-refractivity contribution in [2.24, 2.45) is 11.1 Å². The molecule has 0 bridgehead atoms. The first-order chi connectivity index (χ1) is 18.7. The molecule has 206 valence electrons. The zero-order valence-electron chi connectivity index (χ0n) is 23.0. The fourth-order valence-corrected chi connectivity index (χ4v) is 6.12. The molecule has 2 heterocycles. The zero-order chi connectivity index (χ0) is 27.7. The Morgan fingerprint density at radius 1 is 1.08 bits per heavy atom. The van der Waals surface area contributed by atoms with Crippen LogP contribution >= 0.6 is 0 Å². The fraction of sp³-hybridized carbons (Fsp3) is 0.452. The molecule has 0 spiro atoms. The van der Waals surface area contributed by atoms with Crippen molar-refractivity contribution in [3.8, 4) is 11.1 Å². The van der Waals surface area contributed by atoms with Gasteiger partial charge >= 0.3 is 5.97 Å². The molecule has 0 unspecified atom stereocenters. The van der Waals surface area contributed by atoms with Gasteiger partial charge < -0.3 is 21.1 Å². The van der Waals surface area contributed by atoms with E-state index in [0.29, 0.717) is 30.6 Å². The van der Waals surface area contributed by atoms with Gasteiger partial charge in [-0.15, -0.1) is 0 Å². The highest BCUT2D eigenvalue weighted by atomic mass is 16.5. The quantitative estimate of drug-likeness (QED) is 0.357. The maximum atomic E-state index is 13.2. The summed E-state index contributed by atoms with van der Waals surface area (Å²) in [6.45, 7) is 4.87. The van der Waals surface area contributed by atoms with Crippen molar-refractivity contribution < 1.29 is 19.1 Å². The van der Waals surface area contributed by atoms with E-state index in [1.165, 1.54) is 0 Å². The minimum atomic E-state index is -0.490. The average Bonchev–Trinajstić information content (AvgIpc) is 3.21. The molecule has 1 aliphatic carbocycles. The predicted molar refractivity (Wildman–Crippen MR) is 153 cm³/mol. The monoisotopic (exact) mass is 530 g/mol. The largest absolute Gasteiger partial charge is 0.462 e. The molecule has 1 amide bonds. The van der Waals surface area contributed by atoms with Gasteiger partial charge in [0.1, 0.15) is 6.10 Å². The molecule has 2 aliphatic rings. The van der Waals surface area contributed by atoms with Crippen LogP contribution in [0, 0.1) is 5.41 Å². The van der Waals surface area contributed by atoms with E-state index in [4.69, 9.17) is 10.5 Å². The highest BCUT2D eigenvalue weighted by Gasteiger charge is 2.35. The van der Waals surface area contributed by atoms with Gasteiger partial charge in [-0.25, -0.2) is 0 Å². The average molecular weight is 531 g/mol. The first kappa shape index (κ1) is 26.9. The Kier molecular flexibility index (Phi) is 7.49. The molecule has 1 aromatic heterocycles. The number of fused-ring (bicyclic) bond motifs is 3. The lowest BCUT2D eigenvalue weighted by molar-refractivity contribution is -0.150. The number of nitrogens with one attached hydrogen (secondary N) is 2. The summed E-state index contributed by atoms with van der Waals surface area (Å²) in [4.78, 5) is 37.6. The number of primary amides is 1. The van der Waals surface area contributed by atoms with Gasteiger partial charge in [-0.1, -0.05) is 38.1 Å². The Morgan fingerprint density at radius 3 is 2.54 bits per heavy atom. The fourth-order valence-electron chi connectivity index (χ4n) is 6.12. The van der Waals surface area contributed by atoms with Crippen LogP contribution < -0.4 is 16.4 Å². The summed E-state index contributed by atoms with van der Waals surface area (Å²) >= 11 is 0. The van der Waals surface area contributed by atoms with Crippen LogP contribution in [0.3, 0.4) is 0 Å². The molecule has 0 saturated heterocycles. The van der Waals surface area contributed by atoms with Crippen LogP contribution in [-0.4, -0.2) is 48.1 Å². The number of aromatic nitrogens is 1. The number of benzene rings is 2. The number of carbonyl (C=O) groups excluding carboxylic acids is 3. The van der Waals surface area contributed by atoms with Crippen LogP contribution in [-0.2, 0) is 16.0 Å². The number of hydrogen-bond donors (Lipinski definition) is 3. The minimum Gasteiger partial charge on any atom is -0.462 e. The van der Waals surface area contributed by atoms with Gasteiger partial charge in [-0.05, 0) is 68.3 Å². The van der Waals surface area contributed by atoms with Crippen molar-refractivity contribution in [1.82, 2.24) is 9.88 Å². The van der Waals surface area contributed by atoms with Crippen molar-refractivity contribution >= 4 is 34.4 Å². The molecule has 5 rings (SSSR count). The maximum Gasteiger partial charge on any atom is 0.307 e. The molecule has 0 radical (unpaired) electrons. The second kappa shape index (κ2) is 10.8. The number of rotatable bonds is 8. The van der Waals surface area contributed by atoms with Crippen molar-refractivity contribution in [3.05, 3.63) is 53.7 Å². The van der Waals surface area contributed by atoms with E-state index in [1.54, 1.807) is 6.07 Å². The Bertz CT molecular complexity index is 1420. The van der Waals surface area contributed by atoms with Gasteiger partial charge in [-0.3, -0.25) is 19.0 Å². The molecule has 0 atom stereocenters. The molecule has 1 saturated carbocycles. The van der Waals surface area contributed by atoms with Crippen LogP contribution in [0.1, 0.15) is 73.2 Å². The van der Waals surface area contributed by atoms with Crippen LogP contribution in [0.25, 0.3) is 22.0 Å². The molecule has 8 heteroatoms. The lowest BCUT2D eigenvalue weighted by atomic mass is 9.80. The molecular formula is C31H38N4O4. The Morgan fingerprint density at radius 2 is 1.82 bits per heavy atom. The molecule has 2 aromatic carbocycles.